The van der Waals surface area contributed by atoms with Crippen LogP contribution in [0.3, 0.4) is 0 Å². The maximum atomic E-state index is 14.9. The van der Waals surface area contributed by atoms with Gasteiger partial charge >= 0.3 is 0 Å². The molecule has 0 saturated heterocycles. The van der Waals surface area contributed by atoms with Crippen molar-refractivity contribution >= 4 is 0 Å². The predicted octanol–water partition coefficient (Wildman–Crippen LogP) is 15.5. The van der Waals surface area contributed by atoms with Crippen LogP contribution in [0.4, 0.5) is 17.6 Å². The van der Waals surface area contributed by atoms with Crippen LogP contribution >= 0.6 is 0 Å². The highest BCUT2D eigenvalue weighted by molar-refractivity contribution is 5.46. The molecule has 0 spiro atoms. The largest absolute Gasteiger partial charge is 0.380 e. The predicted molar refractivity (Wildman–Crippen MR) is 228 cm³/mol. The molecule has 2 aromatic rings. The number of allylic oxidation sites excluding steroid dienone is 4. The van der Waals surface area contributed by atoms with E-state index < -0.39 is 34.1 Å². The topological polar surface area (TPSA) is 9.23 Å². The molecule has 2 saturated carbocycles. The third kappa shape index (κ3) is 9.77. The molecule has 312 valence electrons. The van der Waals surface area contributed by atoms with Crippen LogP contribution in [0.2, 0.25) is 0 Å². The number of unbranched alkanes of at least 4 members (excludes halogenated alkanes) is 8. The summed E-state index contributed by atoms with van der Waals surface area (Å²) in [6, 6.07) is 9.11. The van der Waals surface area contributed by atoms with Gasteiger partial charge in [-0.05, 0) is 84.7 Å². The summed E-state index contributed by atoms with van der Waals surface area (Å²) >= 11 is 0. The average Bonchev–Trinajstić information content (AvgIpc) is 3.24. The number of benzene rings is 2. The van der Waals surface area contributed by atoms with Gasteiger partial charge in [-0.15, -0.1) is 0 Å². The van der Waals surface area contributed by atoms with E-state index in [-0.39, 0.29) is 22.7 Å². The Morgan fingerprint density at radius 1 is 0.474 bits per heavy atom. The van der Waals surface area contributed by atoms with Gasteiger partial charge in [-0.2, -0.15) is 0 Å². The first-order chi connectivity index (χ1) is 27.7. The van der Waals surface area contributed by atoms with Gasteiger partial charge in [0, 0.05) is 22.7 Å². The minimum absolute atomic E-state index is 0.0383. The summed E-state index contributed by atoms with van der Waals surface area (Å²) in [4.78, 5) is 0. The Bertz CT molecular complexity index is 1540. The Kier molecular flexibility index (Phi) is 15.6. The van der Waals surface area contributed by atoms with E-state index in [4.69, 9.17) is 4.74 Å². The first-order valence-electron chi connectivity index (χ1n) is 23.0. The number of hydrogen-bond acceptors (Lipinski definition) is 1. The number of ether oxygens (including phenoxy) is 1. The van der Waals surface area contributed by atoms with Gasteiger partial charge in [-0.1, -0.05) is 177 Å². The lowest BCUT2D eigenvalue weighted by molar-refractivity contribution is 0.0920. The molecular weight excluding hydrogens is 717 g/mol. The SMILES string of the molecule is CCCCCCCC1([C@]2(c3ccc(F)c(F)c3)C=C[C@H](COC[C@H]3C=C[C@@](c4ccc(F)c(F)c4)(C4(CCCCCCC)CCCCC4)C=C3)C=C2)CCCCC1. The van der Waals surface area contributed by atoms with Crippen molar-refractivity contribution in [1.82, 2.24) is 0 Å². The zero-order valence-corrected chi connectivity index (χ0v) is 35.1. The molecular formula is C52H70F4O. The van der Waals surface area contributed by atoms with Gasteiger partial charge < -0.3 is 4.74 Å². The summed E-state index contributed by atoms with van der Waals surface area (Å²) in [5, 5.41) is 0. The van der Waals surface area contributed by atoms with Gasteiger partial charge in [0.1, 0.15) is 0 Å². The monoisotopic (exact) mass is 787 g/mol. The Hall–Kier alpha value is -2.92. The van der Waals surface area contributed by atoms with Gasteiger partial charge in [-0.3, -0.25) is 0 Å². The molecule has 2 aromatic carbocycles. The van der Waals surface area contributed by atoms with Crippen LogP contribution in [-0.2, 0) is 15.6 Å². The first-order valence-corrected chi connectivity index (χ1v) is 23.0. The van der Waals surface area contributed by atoms with E-state index in [1.165, 1.54) is 88.5 Å². The van der Waals surface area contributed by atoms with Crippen LogP contribution in [0.25, 0.3) is 0 Å². The van der Waals surface area contributed by atoms with Crippen molar-refractivity contribution in [2.45, 2.75) is 166 Å². The third-order valence-electron chi connectivity index (χ3n) is 14.7. The molecule has 0 radical (unpaired) electrons. The molecule has 0 unspecified atom stereocenters. The summed E-state index contributed by atoms with van der Waals surface area (Å²) in [7, 11) is 0. The zero-order valence-electron chi connectivity index (χ0n) is 35.1. The molecule has 0 atom stereocenters. The molecule has 57 heavy (non-hydrogen) atoms. The Morgan fingerprint density at radius 2 is 0.842 bits per heavy atom. The molecule has 1 nitrogen and oxygen atoms in total. The van der Waals surface area contributed by atoms with Crippen molar-refractivity contribution in [3.63, 3.8) is 0 Å². The van der Waals surface area contributed by atoms with Crippen LogP contribution in [-0.4, -0.2) is 13.2 Å². The normalized spacial score (nSPS) is 26.6. The summed E-state index contributed by atoms with van der Waals surface area (Å²) in [6.07, 6.45) is 44.0. The van der Waals surface area contributed by atoms with Crippen molar-refractivity contribution in [3.8, 4) is 0 Å². The fourth-order valence-corrected chi connectivity index (χ4v) is 11.4. The fourth-order valence-electron chi connectivity index (χ4n) is 11.4. The smallest absolute Gasteiger partial charge is 0.159 e. The van der Waals surface area contributed by atoms with Crippen molar-refractivity contribution in [2.75, 3.05) is 13.2 Å². The van der Waals surface area contributed by atoms with Crippen LogP contribution in [0.15, 0.2) is 85.0 Å². The van der Waals surface area contributed by atoms with E-state index in [1.807, 2.05) is 12.1 Å². The summed E-state index contributed by atoms with van der Waals surface area (Å²) in [5.41, 5.74) is 0.635. The van der Waals surface area contributed by atoms with E-state index in [2.05, 4.69) is 62.5 Å². The molecule has 0 amide bonds. The van der Waals surface area contributed by atoms with Crippen molar-refractivity contribution < 1.29 is 22.3 Å². The molecule has 4 aliphatic carbocycles. The maximum Gasteiger partial charge on any atom is 0.159 e. The third-order valence-corrected chi connectivity index (χ3v) is 14.7. The molecule has 0 N–H and O–H groups in total. The Labute approximate surface area is 342 Å². The number of hydrogen-bond donors (Lipinski definition) is 0. The minimum atomic E-state index is -0.801. The van der Waals surface area contributed by atoms with E-state index in [9.17, 15) is 17.6 Å². The van der Waals surface area contributed by atoms with Gasteiger partial charge in [0.05, 0.1) is 13.2 Å². The standard InChI is InChI=1S/C52H70F4O/c1-3-5-7-9-13-27-49(29-15-11-16-30-49)51(43-19-21-45(53)47(55)37-43)33-23-41(24-34-51)39-57-40-42-25-35-52(36-26-42,44-20-22-46(54)48(56)38-44)50(31-17-12-18-32-50)28-14-10-8-6-4-2/h19-26,33-38,41-42H,3-18,27-32,39-40H2,1-2H3/t41-,42-,51+,52+. The van der Waals surface area contributed by atoms with Crippen molar-refractivity contribution in [3.05, 3.63) is 119 Å². The molecule has 4 aliphatic rings. The lowest BCUT2D eigenvalue weighted by Gasteiger charge is -2.52. The molecule has 0 aromatic heterocycles. The number of halogens is 4. The van der Waals surface area contributed by atoms with E-state index in [0.717, 1.165) is 88.2 Å². The lowest BCUT2D eigenvalue weighted by Crippen LogP contribution is -2.46. The quantitative estimate of drug-likeness (QED) is 0.0738. The molecule has 0 aliphatic heterocycles. The Balaban J connectivity index is 1.17. The molecule has 2 fully saturated rings. The van der Waals surface area contributed by atoms with Crippen LogP contribution < -0.4 is 0 Å². The van der Waals surface area contributed by atoms with Crippen LogP contribution in [0, 0.1) is 45.9 Å². The van der Waals surface area contributed by atoms with Crippen molar-refractivity contribution in [1.29, 1.82) is 0 Å². The van der Waals surface area contributed by atoms with Crippen LogP contribution in [0.1, 0.15) is 166 Å². The number of rotatable bonds is 20. The van der Waals surface area contributed by atoms with Crippen molar-refractivity contribution in [2.24, 2.45) is 22.7 Å². The highest BCUT2D eigenvalue weighted by Crippen LogP contribution is 2.59. The van der Waals surface area contributed by atoms with E-state index in [1.54, 1.807) is 0 Å². The Morgan fingerprint density at radius 3 is 1.19 bits per heavy atom. The van der Waals surface area contributed by atoms with Gasteiger partial charge in [0.25, 0.3) is 0 Å². The van der Waals surface area contributed by atoms with Crippen LogP contribution in [0.5, 0.6) is 0 Å². The van der Waals surface area contributed by atoms with Gasteiger partial charge in [-0.25, -0.2) is 17.6 Å². The second-order valence-corrected chi connectivity index (χ2v) is 18.3. The maximum absolute atomic E-state index is 14.9. The fraction of sp³-hybridized carbons (Fsp3) is 0.615. The average molecular weight is 787 g/mol. The second-order valence-electron chi connectivity index (χ2n) is 18.3. The van der Waals surface area contributed by atoms with E-state index in [0.29, 0.717) is 13.2 Å². The van der Waals surface area contributed by atoms with Gasteiger partial charge in [0.2, 0.25) is 0 Å². The summed E-state index contributed by atoms with van der Waals surface area (Å²) in [5.74, 6) is -3.02. The first kappa shape index (κ1) is 43.7. The highest BCUT2D eigenvalue weighted by atomic mass is 19.2. The molecule has 0 heterocycles. The molecule has 5 heteroatoms. The lowest BCUT2D eigenvalue weighted by atomic mass is 9.51. The summed E-state index contributed by atoms with van der Waals surface area (Å²) < 4.78 is 64.9. The molecule has 0 bridgehead atoms. The second kappa shape index (κ2) is 20.4. The highest BCUT2D eigenvalue weighted by Gasteiger charge is 2.51. The van der Waals surface area contributed by atoms with Gasteiger partial charge in [0.15, 0.2) is 23.3 Å². The molecule has 6 rings (SSSR count). The van der Waals surface area contributed by atoms with E-state index >= 15 is 0 Å². The zero-order chi connectivity index (χ0) is 40.2. The summed E-state index contributed by atoms with van der Waals surface area (Å²) in [6.45, 7) is 5.54. The minimum Gasteiger partial charge on any atom is -0.380 e.